The van der Waals surface area contributed by atoms with Gasteiger partial charge in [-0.3, -0.25) is 4.79 Å². The number of carbonyl (C=O) groups excluding carboxylic acids is 1. The van der Waals surface area contributed by atoms with E-state index in [2.05, 4.69) is 13.0 Å². The van der Waals surface area contributed by atoms with Gasteiger partial charge < -0.3 is 4.90 Å². The van der Waals surface area contributed by atoms with Crippen molar-refractivity contribution in [3.63, 3.8) is 0 Å². The maximum absolute atomic E-state index is 11.5. The summed E-state index contributed by atoms with van der Waals surface area (Å²) in [5, 5.41) is 0. The van der Waals surface area contributed by atoms with Gasteiger partial charge in [0.05, 0.1) is 0 Å². The van der Waals surface area contributed by atoms with E-state index in [4.69, 9.17) is 11.6 Å². The van der Waals surface area contributed by atoms with Crippen LogP contribution in [0.4, 0.5) is 0 Å². The molecule has 1 aliphatic heterocycles. The van der Waals surface area contributed by atoms with E-state index in [-0.39, 0.29) is 5.91 Å². The SMILES string of the molecule is CC1=CCN(C(=O)CCCCl)CC1. The molecule has 0 atom stereocenters. The van der Waals surface area contributed by atoms with E-state index in [1.807, 2.05) is 4.90 Å². The molecule has 0 aromatic carbocycles. The Labute approximate surface area is 84.6 Å². The molecule has 0 bridgehead atoms. The molecule has 0 saturated carbocycles. The Morgan fingerprint density at radius 2 is 2.46 bits per heavy atom. The van der Waals surface area contributed by atoms with Crippen molar-refractivity contribution in [2.75, 3.05) is 19.0 Å². The lowest BCUT2D eigenvalue weighted by atomic mass is 10.1. The van der Waals surface area contributed by atoms with E-state index >= 15 is 0 Å². The van der Waals surface area contributed by atoms with E-state index < -0.39 is 0 Å². The minimum Gasteiger partial charge on any atom is -0.339 e. The molecule has 1 heterocycles. The van der Waals surface area contributed by atoms with Crippen LogP contribution in [-0.4, -0.2) is 29.8 Å². The van der Waals surface area contributed by atoms with Crippen LogP contribution in [0, 0.1) is 0 Å². The summed E-state index contributed by atoms with van der Waals surface area (Å²) in [6, 6.07) is 0. The van der Waals surface area contributed by atoms with E-state index in [9.17, 15) is 4.79 Å². The van der Waals surface area contributed by atoms with Crippen LogP contribution >= 0.6 is 11.6 Å². The third kappa shape index (κ3) is 3.39. The highest BCUT2D eigenvalue weighted by Gasteiger charge is 2.14. The van der Waals surface area contributed by atoms with Crippen molar-refractivity contribution in [2.24, 2.45) is 0 Å². The lowest BCUT2D eigenvalue weighted by Gasteiger charge is -2.25. The van der Waals surface area contributed by atoms with Gasteiger partial charge in [0, 0.05) is 25.4 Å². The molecule has 0 aromatic rings. The summed E-state index contributed by atoms with van der Waals surface area (Å²) < 4.78 is 0. The van der Waals surface area contributed by atoms with E-state index in [0.29, 0.717) is 12.3 Å². The summed E-state index contributed by atoms with van der Waals surface area (Å²) in [6.45, 7) is 3.77. The number of carbonyl (C=O) groups is 1. The van der Waals surface area contributed by atoms with E-state index in [1.54, 1.807) is 0 Å². The number of halogens is 1. The van der Waals surface area contributed by atoms with Crippen molar-refractivity contribution in [1.29, 1.82) is 0 Å². The minimum absolute atomic E-state index is 0.240. The number of alkyl halides is 1. The number of hydrogen-bond donors (Lipinski definition) is 0. The van der Waals surface area contributed by atoms with Crippen molar-refractivity contribution >= 4 is 17.5 Å². The number of nitrogens with zero attached hydrogens (tertiary/aromatic N) is 1. The smallest absolute Gasteiger partial charge is 0.222 e. The first-order valence-corrected chi connectivity index (χ1v) is 5.27. The maximum Gasteiger partial charge on any atom is 0.222 e. The molecule has 2 nitrogen and oxygen atoms in total. The Bertz CT molecular complexity index is 213. The highest BCUT2D eigenvalue weighted by molar-refractivity contribution is 6.17. The minimum atomic E-state index is 0.240. The third-order valence-electron chi connectivity index (χ3n) is 2.31. The van der Waals surface area contributed by atoms with Gasteiger partial charge in [-0.1, -0.05) is 11.6 Å². The summed E-state index contributed by atoms with van der Waals surface area (Å²) >= 11 is 5.53. The number of amides is 1. The van der Waals surface area contributed by atoms with Gasteiger partial charge in [0.15, 0.2) is 0 Å². The lowest BCUT2D eigenvalue weighted by Crippen LogP contribution is -2.34. The van der Waals surface area contributed by atoms with Crippen LogP contribution in [-0.2, 0) is 4.79 Å². The van der Waals surface area contributed by atoms with Crippen LogP contribution in [0.25, 0.3) is 0 Å². The quantitative estimate of drug-likeness (QED) is 0.507. The average molecular weight is 202 g/mol. The highest BCUT2D eigenvalue weighted by atomic mass is 35.5. The van der Waals surface area contributed by atoms with Crippen molar-refractivity contribution in [3.8, 4) is 0 Å². The van der Waals surface area contributed by atoms with Gasteiger partial charge in [0.2, 0.25) is 5.91 Å². The molecule has 74 valence electrons. The Hall–Kier alpha value is -0.500. The summed E-state index contributed by atoms with van der Waals surface area (Å²) in [5.74, 6) is 0.818. The predicted octanol–water partition coefficient (Wildman–Crippen LogP) is 2.18. The van der Waals surface area contributed by atoms with Crippen molar-refractivity contribution in [2.45, 2.75) is 26.2 Å². The summed E-state index contributed by atoms with van der Waals surface area (Å²) in [4.78, 5) is 13.4. The number of rotatable bonds is 3. The Morgan fingerprint density at radius 3 is 3.00 bits per heavy atom. The first-order chi connectivity index (χ1) is 6.24. The summed E-state index contributed by atoms with van der Waals surface area (Å²) in [5.41, 5.74) is 1.39. The molecule has 0 aromatic heterocycles. The molecule has 0 N–H and O–H groups in total. The fourth-order valence-corrected chi connectivity index (χ4v) is 1.51. The Balaban J connectivity index is 2.32. The molecule has 0 unspecified atom stereocenters. The van der Waals surface area contributed by atoms with Crippen LogP contribution in [0.2, 0.25) is 0 Å². The zero-order valence-electron chi connectivity index (χ0n) is 8.05. The van der Waals surface area contributed by atoms with Crippen molar-refractivity contribution < 1.29 is 4.79 Å². The van der Waals surface area contributed by atoms with Crippen LogP contribution in [0.15, 0.2) is 11.6 Å². The molecule has 3 heteroatoms. The molecule has 1 amide bonds. The standard InChI is InChI=1S/C10H16ClNO/c1-9-4-7-12(8-5-9)10(13)3-2-6-11/h4H,2-3,5-8H2,1H3. The van der Waals surface area contributed by atoms with E-state index in [0.717, 1.165) is 25.9 Å². The predicted molar refractivity (Wildman–Crippen MR) is 54.9 cm³/mol. The lowest BCUT2D eigenvalue weighted by molar-refractivity contribution is -0.130. The largest absolute Gasteiger partial charge is 0.339 e. The van der Waals surface area contributed by atoms with Crippen molar-refractivity contribution in [3.05, 3.63) is 11.6 Å². The first kappa shape index (κ1) is 10.6. The van der Waals surface area contributed by atoms with Gasteiger partial charge >= 0.3 is 0 Å². The summed E-state index contributed by atoms with van der Waals surface area (Å²) in [6.07, 6.45) is 4.53. The molecule has 0 saturated heterocycles. The van der Waals surface area contributed by atoms with Gasteiger partial charge in [0.1, 0.15) is 0 Å². The monoisotopic (exact) mass is 201 g/mol. The Morgan fingerprint density at radius 1 is 1.69 bits per heavy atom. The zero-order chi connectivity index (χ0) is 9.68. The van der Waals surface area contributed by atoms with Gasteiger partial charge in [-0.05, 0) is 19.8 Å². The molecule has 0 radical (unpaired) electrons. The van der Waals surface area contributed by atoms with Crippen LogP contribution in [0.1, 0.15) is 26.2 Å². The van der Waals surface area contributed by atoms with Gasteiger partial charge in [-0.15, -0.1) is 11.6 Å². The molecule has 0 spiro atoms. The molecule has 0 aliphatic carbocycles. The second-order valence-electron chi connectivity index (χ2n) is 3.43. The fourth-order valence-electron chi connectivity index (χ4n) is 1.37. The highest BCUT2D eigenvalue weighted by Crippen LogP contribution is 2.11. The van der Waals surface area contributed by atoms with Gasteiger partial charge in [-0.25, -0.2) is 0 Å². The van der Waals surface area contributed by atoms with Crippen LogP contribution in [0.3, 0.4) is 0 Å². The van der Waals surface area contributed by atoms with Gasteiger partial charge in [0.25, 0.3) is 0 Å². The molecular weight excluding hydrogens is 186 g/mol. The Kier molecular flexibility index (Phi) is 4.29. The van der Waals surface area contributed by atoms with Gasteiger partial charge in [-0.2, -0.15) is 0 Å². The molecule has 1 rings (SSSR count). The maximum atomic E-state index is 11.5. The second kappa shape index (κ2) is 5.28. The zero-order valence-corrected chi connectivity index (χ0v) is 8.81. The summed E-state index contributed by atoms with van der Waals surface area (Å²) in [7, 11) is 0. The molecular formula is C10H16ClNO. The molecule has 1 aliphatic rings. The average Bonchev–Trinajstić information content (AvgIpc) is 2.15. The van der Waals surface area contributed by atoms with Crippen molar-refractivity contribution in [1.82, 2.24) is 4.90 Å². The topological polar surface area (TPSA) is 20.3 Å². The molecule has 0 fully saturated rings. The molecule has 13 heavy (non-hydrogen) atoms. The number of hydrogen-bond acceptors (Lipinski definition) is 1. The second-order valence-corrected chi connectivity index (χ2v) is 3.81. The normalized spacial score (nSPS) is 17.1. The van der Waals surface area contributed by atoms with E-state index in [1.165, 1.54) is 5.57 Å². The fraction of sp³-hybridized carbons (Fsp3) is 0.700. The third-order valence-corrected chi connectivity index (χ3v) is 2.58. The van der Waals surface area contributed by atoms with Crippen LogP contribution in [0.5, 0.6) is 0 Å². The first-order valence-electron chi connectivity index (χ1n) is 4.73. The van der Waals surface area contributed by atoms with Crippen LogP contribution < -0.4 is 0 Å².